The molecule has 0 spiro atoms. The average Bonchev–Trinajstić information content (AvgIpc) is 2.04. The van der Waals surface area contributed by atoms with Crippen molar-refractivity contribution in [2.24, 2.45) is 0 Å². The van der Waals surface area contributed by atoms with Crippen molar-refractivity contribution in [2.75, 3.05) is 13.7 Å². The summed E-state index contributed by atoms with van der Waals surface area (Å²) in [5.41, 5.74) is 0. The van der Waals surface area contributed by atoms with Crippen molar-refractivity contribution in [3.05, 3.63) is 11.9 Å². The summed E-state index contributed by atoms with van der Waals surface area (Å²) in [5, 5.41) is 9.23. The summed E-state index contributed by atoms with van der Waals surface area (Å²) in [6.45, 7) is 1.02. The first kappa shape index (κ1) is 12.3. The van der Waals surface area contributed by atoms with Gasteiger partial charge in [-0.05, 0) is 0 Å². The largest absolute Gasteiger partial charge is 0.351 e. The summed E-state index contributed by atoms with van der Waals surface area (Å²) in [6.07, 6.45) is 1.17. The van der Waals surface area contributed by atoms with Crippen molar-refractivity contribution in [1.29, 1.82) is 0 Å². The molecule has 1 unspecified atom stereocenters. The second-order valence-electron chi connectivity index (χ2n) is 2.23. The first-order chi connectivity index (χ1) is 5.89. The van der Waals surface area contributed by atoms with E-state index in [1.165, 1.54) is 13.0 Å². The van der Waals surface area contributed by atoms with Crippen LogP contribution in [0.15, 0.2) is 11.9 Å². The average molecular weight is 209 g/mol. The third-order valence-electron chi connectivity index (χ3n) is 1.20. The Kier molecular flexibility index (Phi) is 4.87. The van der Waals surface area contributed by atoms with Crippen molar-refractivity contribution in [2.45, 2.75) is 6.92 Å². The number of carbonyl (C=O) groups excluding carboxylic acids is 1. The van der Waals surface area contributed by atoms with Crippen LogP contribution in [0, 0.1) is 0 Å². The number of hydroxylamine groups is 2. The fraction of sp³-hybridized carbons (Fsp3) is 0.500. The number of rotatable bonds is 4. The van der Waals surface area contributed by atoms with Gasteiger partial charge in [-0.1, -0.05) is 6.08 Å². The van der Waals surface area contributed by atoms with Gasteiger partial charge in [0, 0.05) is 19.9 Å². The maximum atomic E-state index is 10.8. The van der Waals surface area contributed by atoms with Crippen LogP contribution in [0.1, 0.15) is 6.92 Å². The third kappa shape index (κ3) is 5.54. The molecule has 0 bridgehead atoms. The lowest BCUT2D eigenvalue weighted by Gasteiger charge is -2.09. The molecule has 1 atom stereocenters. The van der Waals surface area contributed by atoms with Crippen molar-refractivity contribution in [1.82, 2.24) is 5.06 Å². The minimum absolute atomic E-state index is 0.150. The topological polar surface area (TPSA) is 87.1 Å². The molecule has 1 amide bonds. The molecule has 0 aliphatic carbocycles. The van der Waals surface area contributed by atoms with Crippen LogP contribution in [0.25, 0.3) is 0 Å². The van der Waals surface area contributed by atoms with Crippen LogP contribution < -0.4 is 0 Å². The van der Waals surface area contributed by atoms with Crippen LogP contribution in [0.3, 0.4) is 0 Å². The predicted molar refractivity (Wildman–Crippen MR) is 45.1 cm³/mol. The minimum Gasteiger partial charge on any atom is -0.321 e. The molecule has 0 aromatic rings. The Morgan fingerprint density at radius 2 is 2.23 bits per heavy atom. The van der Waals surface area contributed by atoms with Crippen molar-refractivity contribution >= 4 is 13.5 Å². The molecule has 0 radical (unpaired) electrons. The maximum Gasteiger partial charge on any atom is 0.351 e. The highest BCUT2D eigenvalue weighted by atomic mass is 31.2. The monoisotopic (exact) mass is 209 g/mol. The Morgan fingerprint density at radius 1 is 1.69 bits per heavy atom. The van der Waals surface area contributed by atoms with Gasteiger partial charge < -0.3 is 9.42 Å². The van der Waals surface area contributed by atoms with E-state index in [9.17, 15) is 9.36 Å². The zero-order valence-corrected chi connectivity index (χ0v) is 8.27. The minimum atomic E-state index is -3.69. The molecule has 2 N–H and O–H groups in total. The van der Waals surface area contributed by atoms with E-state index >= 15 is 0 Å². The highest BCUT2D eigenvalue weighted by molar-refractivity contribution is 7.56. The van der Waals surface area contributed by atoms with E-state index < -0.39 is 13.5 Å². The van der Waals surface area contributed by atoms with E-state index in [0.717, 1.165) is 12.9 Å². The Bertz CT molecular complexity index is 251. The Balaban J connectivity index is 4.02. The van der Waals surface area contributed by atoms with Gasteiger partial charge >= 0.3 is 7.60 Å². The second-order valence-corrected chi connectivity index (χ2v) is 4.02. The van der Waals surface area contributed by atoms with Crippen LogP contribution >= 0.6 is 7.60 Å². The van der Waals surface area contributed by atoms with E-state index in [1.54, 1.807) is 0 Å². The molecule has 13 heavy (non-hydrogen) atoms. The molecular formula is C6H12NO5P. The van der Waals surface area contributed by atoms with Crippen LogP contribution in [-0.2, 0) is 13.9 Å². The third-order valence-corrected chi connectivity index (χ3v) is 2.31. The van der Waals surface area contributed by atoms with Gasteiger partial charge in [0.15, 0.2) is 0 Å². The summed E-state index contributed by atoms with van der Waals surface area (Å²) >= 11 is 0. The van der Waals surface area contributed by atoms with Gasteiger partial charge in [-0.3, -0.25) is 14.6 Å². The predicted octanol–water partition coefficient (Wildman–Crippen LogP) is 0.570. The lowest BCUT2D eigenvalue weighted by atomic mass is 10.6. The lowest BCUT2D eigenvalue weighted by Crippen LogP contribution is -2.24. The van der Waals surface area contributed by atoms with Crippen molar-refractivity contribution < 1.29 is 24.0 Å². The highest BCUT2D eigenvalue weighted by Crippen LogP contribution is 2.41. The van der Waals surface area contributed by atoms with Crippen LogP contribution in [0.2, 0.25) is 0 Å². The Hall–Kier alpha value is -0.680. The van der Waals surface area contributed by atoms with Crippen LogP contribution in [0.5, 0.6) is 0 Å². The lowest BCUT2D eigenvalue weighted by molar-refractivity contribution is -0.160. The molecule has 0 aromatic heterocycles. The van der Waals surface area contributed by atoms with Crippen LogP contribution in [-0.4, -0.2) is 34.7 Å². The number of hydrogen-bond acceptors (Lipinski definition) is 4. The van der Waals surface area contributed by atoms with Gasteiger partial charge in [0.25, 0.3) is 0 Å². The highest BCUT2D eigenvalue weighted by Gasteiger charge is 2.10. The number of amides is 1. The second kappa shape index (κ2) is 5.14. The molecular weight excluding hydrogens is 197 g/mol. The molecule has 0 rings (SSSR count). The first-order valence-electron chi connectivity index (χ1n) is 3.42. The van der Waals surface area contributed by atoms with Gasteiger partial charge in [0.2, 0.25) is 5.91 Å². The SMILES string of the molecule is COP(=O)(O)/C=C/CN(O)C(C)=O. The van der Waals surface area contributed by atoms with Gasteiger partial charge in [-0.15, -0.1) is 0 Å². The van der Waals surface area contributed by atoms with Crippen molar-refractivity contribution in [3.63, 3.8) is 0 Å². The summed E-state index contributed by atoms with van der Waals surface area (Å²) in [4.78, 5) is 19.3. The summed E-state index contributed by atoms with van der Waals surface area (Å²) in [7, 11) is -2.60. The standard InChI is InChI=1S/C6H12NO5P/c1-6(8)7(9)4-3-5-13(10,11)12-2/h3,5,9H,4H2,1-2H3,(H,10,11)/b5-3+. The summed E-state index contributed by atoms with van der Waals surface area (Å²) in [5.74, 6) is 0.355. The fourth-order valence-corrected chi connectivity index (χ4v) is 0.952. The van der Waals surface area contributed by atoms with Crippen molar-refractivity contribution in [3.8, 4) is 0 Å². The number of carbonyl (C=O) groups is 1. The zero-order valence-electron chi connectivity index (χ0n) is 7.38. The Labute approximate surface area is 75.9 Å². The van der Waals surface area contributed by atoms with E-state index in [1.807, 2.05) is 0 Å². The quantitative estimate of drug-likeness (QED) is 0.401. The molecule has 0 heterocycles. The van der Waals surface area contributed by atoms with E-state index in [0.29, 0.717) is 5.06 Å². The smallest absolute Gasteiger partial charge is 0.321 e. The maximum absolute atomic E-state index is 10.8. The molecule has 0 aromatic carbocycles. The van der Waals surface area contributed by atoms with E-state index in [-0.39, 0.29) is 6.54 Å². The van der Waals surface area contributed by atoms with Gasteiger partial charge in [0.05, 0.1) is 6.54 Å². The van der Waals surface area contributed by atoms with Gasteiger partial charge in [-0.25, -0.2) is 5.06 Å². The molecule has 6 nitrogen and oxygen atoms in total. The van der Waals surface area contributed by atoms with Crippen LogP contribution in [0.4, 0.5) is 0 Å². The Morgan fingerprint density at radius 3 is 2.62 bits per heavy atom. The molecule has 0 saturated heterocycles. The first-order valence-corrected chi connectivity index (χ1v) is 5.06. The summed E-state index contributed by atoms with van der Waals surface area (Å²) < 4.78 is 15.0. The van der Waals surface area contributed by atoms with Gasteiger partial charge in [0.1, 0.15) is 0 Å². The number of hydrogen-bond donors (Lipinski definition) is 2. The molecule has 0 saturated carbocycles. The normalized spacial score (nSPS) is 15.7. The molecule has 0 aliphatic heterocycles. The fourth-order valence-electron chi connectivity index (χ4n) is 0.470. The molecule has 0 fully saturated rings. The molecule has 7 heteroatoms. The van der Waals surface area contributed by atoms with E-state index in [4.69, 9.17) is 10.1 Å². The van der Waals surface area contributed by atoms with Gasteiger partial charge in [-0.2, -0.15) is 0 Å². The molecule has 76 valence electrons. The zero-order chi connectivity index (χ0) is 10.5. The number of nitrogens with zero attached hydrogens (tertiary/aromatic N) is 1. The summed E-state index contributed by atoms with van der Waals surface area (Å²) in [6, 6.07) is 0. The molecule has 0 aliphatic rings. The van der Waals surface area contributed by atoms with E-state index in [2.05, 4.69) is 4.52 Å².